The third kappa shape index (κ3) is 4.71. The van der Waals surface area contributed by atoms with E-state index < -0.39 is 12.1 Å². The van der Waals surface area contributed by atoms with Gasteiger partial charge in [-0.3, -0.25) is 9.59 Å². The quantitative estimate of drug-likeness (QED) is 0.740. The summed E-state index contributed by atoms with van der Waals surface area (Å²) in [6.07, 6.45) is 1.94. The van der Waals surface area contributed by atoms with Crippen molar-refractivity contribution < 1.29 is 14.4 Å². The van der Waals surface area contributed by atoms with Crippen LogP contribution in [-0.4, -0.2) is 30.4 Å². The van der Waals surface area contributed by atoms with Gasteiger partial charge in [0.15, 0.2) is 0 Å². The van der Waals surface area contributed by atoms with Crippen LogP contribution in [-0.2, 0) is 9.59 Å². The molecule has 1 fully saturated rings. The minimum atomic E-state index is -0.723. The minimum absolute atomic E-state index is 0.120. The zero-order valence-corrected chi connectivity index (χ0v) is 14.0. The molecule has 0 spiro atoms. The lowest BCUT2D eigenvalue weighted by Gasteiger charge is -2.20. The number of urea groups is 1. The fraction of sp³-hybridized carbons (Fsp3) is 0.471. The maximum Gasteiger partial charge on any atom is 0.312 e. The van der Waals surface area contributed by atoms with Crippen molar-refractivity contribution in [1.29, 1.82) is 0 Å². The molecule has 1 unspecified atom stereocenters. The Labute approximate surface area is 141 Å². The van der Waals surface area contributed by atoms with Crippen molar-refractivity contribution in [2.45, 2.75) is 39.2 Å². The zero-order chi connectivity index (χ0) is 17.7. The number of primary amides is 1. The Morgan fingerprint density at radius 2 is 1.92 bits per heavy atom. The van der Waals surface area contributed by atoms with Crippen LogP contribution in [0.25, 0.3) is 0 Å². The van der Waals surface area contributed by atoms with Crippen molar-refractivity contribution in [1.82, 2.24) is 5.32 Å². The lowest BCUT2D eigenvalue weighted by atomic mass is 10.0. The van der Waals surface area contributed by atoms with Crippen LogP contribution in [0, 0.1) is 5.92 Å². The molecule has 24 heavy (non-hydrogen) atoms. The molecule has 1 aliphatic heterocycles. The maximum absolute atomic E-state index is 12.3. The van der Waals surface area contributed by atoms with Crippen molar-refractivity contribution in [3.05, 3.63) is 24.3 Å². The molecule has 1 aromatic carbocycles. The third-order valence-electron chi connectivity index (χ3n) is 3.86. The molecule has 2 rings (SSSR count). The van der Waals surface area contributed by atoms with Crippen molar-refractivity contribution >= 4 is 29.2 Å². The van der Waals surface area contributed by atoms with Crippen LogP contribution in [0.4, 0.5) is 16.2 Å². The SMILES string of the molecule is CC(C)CC(NC(N)=O)C(=O)Nc1ccc(N2CCCC2=O)cc1. The number of amides is 4. The van der Waals surface area contributed by atoms with Gasteiger partial charge < -0.3 is 21.3 Å². The summed E-state index contributed by atoms with van der Waals surface area (Å²) < 4.78 is 0. The van der Waals surface area contributed by atoms with Gasteiger partial charge in [0.05, 0.1) is 0 Å². The topological polar surface area (TPSA) is 105 Å². The zero-order valence-electron chi connectivity index (χ0n) is 14.0. The molecular formula is C17H24N4O3. The van der Waals surface area contributed by atoms with E-state index >= 15 is 0 Å². The van der Waals surface area contributed by atoms with Gasteiger partial charge in [-0.1, -0.05) is 13.8 Å². The Kier molecular flexibility index (Phi) is 5.78. The average Bonchev–Trinajstić information content (AvgIpc) is 2.92. The molecule has 0 bridgehead atoms. The van der Waals surface area contributed by atoms with Crippen LogP contribution >= 0.6 is 0 Å². The molecular weight excluding hydrogens is 308 g/mol. The summed E-state index contributed by atoms with van der Waals surface area (Å²) in [5, 5.41) is 5.24. The minimum Gasteiger partial charge on any atom is -0.352 e. The fourth-order valence-electron chi connectivity index (χ4n) is 2.75. The molecule has 1 aromatic rings. The smallest absolute Gasteiger partial charge is 0.312 e. The first kappa shape index (κ1) is 17.8. The van der Waals surface area contributed by atoms with Crippen LogP contribution in [0.5, 0.6) is 0 Å². The van der Waals surface area contributed by atoms with E-state index in [0.717, 1.165) is 18.7 Å². The predicted octanol–water partition coefficient (Wildman–Crippen LogP) is 1.83. The van der Waals surface area contributed by atoms with Gasteiger partial charge in [-0.15, -0.1) is 0 Å². The highest BCUT2D eigenvalue weighted by molar-refractivity contribution is 5.98. The van der Waals surface area contributed by atoms with Gasteiger partial charge in [0, 0.05) is 24.3 Å². The number of anilines is 2. The van der Waals surface area contributed by atoms with Crippen LogP contribution in [0.15, 0.2) is 24.3 Å². The molecule has 1 atom stereocenters. The molecule has 1 heterocycles. The fourth-order valence-corrected chi connectivity index (χ4v) is 2.75. The normalized spacial score (nSPS) is 15.5. The Balaban J connectivity index is 2.01. The molecule has 0 aliphatic carbocycles. The number of rotatable bonds is 6. The number of benzene rings is 1. The van der Waals surface area contributed by atoms with E-state index in [1.807, 2.05) is 13.8 Å². The van der Waals surface area contributed by atoms with Gasteiger partial charge in [-0.2, -0.15) is 0 Å². The van der Waals surface area contributed by atoms with E-state index in [4.69, 9.17) is 5.73 Å². The van der Waals surface area contributed by atoms with Gasteiger partial charge >= 0.3 is 6.03 Å². The summed E-state index contributed by atoms with van der Waals surface area (Å²) in [6.45, 7) is 4.65. The van der Waals surface area contributed by atoms with E-state index in [-0.39, 0.29) is 17.7 Å². The third-order valence-corrected chi connectivity index (χ3v) is 3.86. The second-order valence-electron chi connectivity index (χ2n) is 6.38. The number of carbonyl (C=O) groups is 3. The largest absolute Gasteiger partial charge is 0.352 e. The molecule has 0 radical (unpaired) electrons. The van der Waals surface area contributed by atoms with E-state index in [1.165, 1.54) is 0 Å². The van der Waals surface area contributed by atoms with Gasteiger partial charge in [-0.05, 0) is 43.0 Å². The Morgan fingerprint density at radius 1 is 1.25 bits per heavy atom. The number of carbonyl (C=O) groups excluding carboxylic acids is 3. The van der Waals surface area contributed by atoms with Gasteiger partial charge in [0.1, 0.15) is 6.04 Å². The predicted molar refractivity (Wildman–Crippen MR) is 92.6 cm³/mol. The van der Waals surface area contributed by atoms with Gasteiger partial charge in [0.25, 0.3) is 0 Å². The van der Waals surface area contributed by atoms with Crippen LogP contribution < -0.4 is 21.3 Å². The number of hydrogen-bond acceptors (Lipinski definition) is 3. The lowest BCUT2D eigenvalue weighted by Crippen LogP contribution is -2.46. The molecule has 0 saturated carbocycles. The molecule has 4 N–H and O–H groups in total. The van der Waals surface area contributed by atoms with Crippen LogP contribution in [0.2, 0.25) is 0 Å². The molecule has 4 amide bonds. The first-order valence-electron chi connectivity index (χ1n) is 8.14. The first-order valence-corrected chi connectivity index (χ1v) is 8.14. The molecule has 7 heteroatoms. The molecule has 0 aromatic heterocycles. The van der Waals surface area contributed by atoms with E-state index in [2.05, 4.69) is 10.6 Å². The molecule has 1 aliphatic rings. The summed E-state index contributed by atoms with van der Waals surface area (Å²) in [4.78, 5) is 36.9. The molecule has 1 saturated heterocycles. The highest BCUT2D eigenvalue weighted by Crippen LogP contribution is 2.23. The van der Waals surface area contributed by atoms with Crippen LogP contribution in [0.1, 0.15) is 33.1 Å². The van der Waals surface area contributed by atoms with Crippen molar-refractivity contribution in [3.8, 4) is 0 Å². The van der Waals surface area contributed by atoms with E-state index in [1.54, 1.807) is 29.2 Å². The summed E-state index contributed by atoms with van der Waals surface area (Å²) in [6, 6.07) is 5.70. The van der Waals surface area contributed by atoms with Gasteiger partial charge in [-0.25, -0.2) is 4.79 Å². The average molecular weight is 332 g/mol. The summed E-state index contributed by atoms with van der Waals surface area (Å²) in [7, 11) is 0. The maximum atomic E-state index is 12.3. The van der Waals surface area contributed by atoms with E-state index in [9.17, 15) is 14.4 Å². The van der Waals surface area contributed by atoms with Crippen molar-refractivity contribution in [2.24, 2.45) is 11.7 Å². The number of nitrogens with zero attached hydrogens (tertiary/aromatic N) is 1. The van der Waals surface area contributed by atoms with E-state index in [0.29, 0.717) is 18.5 Å². The van der Waals surface area contributed by atoms with Crippen molar-refractivity contribution in [2.75, 3.05) is 16.8 Å². The second-order valence-corrected chi connectivity index (χ2v) is 6.38. The highest BCUT2D eigenvalue weighted by atomic mass is 16.2. The molecule has 7 nitrogen and oxygen atoms in total. The standard InChI is InChI=1S/C17H24N4O3/c1-11(2)10-14(20-17(18)24)16(23)19-12-5-7-13(8-6-12)21-9-3-4-15(21)22/h5-8,11,14H,3-4,9-10H2,1-2H3,(H,19,23)(H3,18,20,24). The molecule has 130 valence electrons. The van der Waals surface area contributed by atoms with Gasteiger partial charge in [0.2, 0.25) is 11.8 Å². The summed E-state index contributed by atoms with van der Waals surface area (Å²) >= 11 is 0. The Bertz CT molecular complexity index is 613. The Morgan fingerprint density at radius 3 is 2.42 bits per heavy atom. The van der Waals surface area contributed by atoms with Crippen LogP contribution in [0.3, 0.4) is 0 Å². The number of hydrogen-bond donors (Lipinski definition) is 3. The lowest BCUT2D eigenvalue weighted by molar-refractivity contribution is -0.118. The Hall–Kier alpha value is -2.57. The number of nitrogens with two attached hydrogens (primary N) is 1. The monoisotopic (exact) mass is 332 g/mol. The highest BCUT2D eigenvalue weighted by Gasteiger charge is 2.23. The summed E-state index contributed by atoms with van der Waals surface area (Å²) in [5.41, 5.74) is 6.57. The summed E-state index contributed by atoms with van der Waals surface area (Å²) in [5.74, 6) is 0.0399. The second kappa shape index (κ2) is 7.81. The van der Waals surface area contributed by atoms with Crippen molar-refractivity contribution in [3.63, 3.8) is 0 Å². The number of nitrogens with one attached hydrogen (secondary N) is 2. The first-order chi connectivity index (χ1) is 11.4.